The summed E-state index contributed by atoms with van der Waals surface area (Å²) in [6.07, 6.45) is 0.583. The predicted molar refractivity (Wildman–Crippen MR) is 70.0 cm³/mol. The summed E-state index contributed by atoms with van der Waals surface area (Å²) in [6, 6.07) is 7.24. The maximum absolute atomic E-state index is 11.7. The van der Waals surface area contributed by atoms with Crippen molar-refractivity contribution in [2.75, 3.05) is 6.61 Å². The van der Waals surface area contributed by atoms with Crippen LogP contribution in [0, 0.1) is 0 Å². The number of hydrogen-bond acceptors (Lipinski definition) is 4. The molecule has 0 radical (unpaired) electrons. The third-order valence-electron chi connectivity index (χ3n) is 2.81. The van der Waals surface area contributed by atoms with E-state index in [1.807, 2.05) is 19.1 Å². The fourth-order valence-electron chi connectivity index (χ4n) is 1.85. The zero-order chi connectivity index (χ0) is 13.8. The molecule has 2 rings (SSSR count). The molecule has 0 aliphatic heterocycles. The average Bonchev–Trinajstić information content (AvgIpc) is 2.72. The minimum absolute atomic E-state index is 0.101. The number of para-hydroxylation sites is 1. The second-order valence-corrected chi connectivity index (χ2v) is 4.19. The van der Waals surface area contributed by atoms with Crippen molar-refractivity contribution in [3.8, 4) is 5.75 Å². The van der Waals surface area contributed by atoms with E-state index in [1.54, 1.807) is 19.2 Å². The molecule has 0 aliphatic rings. The molecule has 0 amide bonds. The first-order chi connectivity index (χ1) is 9.13. The van der Waals surface area contributed by atoms with E-state index in [0.717, 1.165) is 0 Å². The van der Waals surface area contributed by atoms with Gasteiger partial charge in [0.15, 0.2) is 0 Å². The number of aliphatic hydroxyl groups is 1. The summed E-state index contributed by atoms with van der Waals surface area (Å²) in [6.45, 7) is 2.50. The lowest BCUT2D eigenvalue weighted by atomic mass is 10.1. The molecular formula is C13H17N3O3. The third-order valence-corrected chi connectivity index (χ3v) is 2.81. The molecule has 0 spiro atoms. The van der Waals surface area contributed by atoms with Gasteiger partial charge in [0.05, 0.1) is 13.2 Å². The molecule has 0 fully saturated rings. The van der Waals surface area contributed by atoms with Crippen LogP contribution < -0.4 is 10.4 Å². The quantitative estimate of drug-likeness (QED) is 0.862. The van der Waals surface area contributed by atoms with E-state index in [-0.39, 0.29) is 12.2 Å². The van der Waals surface area contributed by atoms with Crippen molar-refractivity contribution >= 4 is 0 Å². The summed E-state index contributed by atoms with van der Waals surface area (Å²) in [5, 5.41) is 14.1. The Morgan fingerprint density at radius 2 is 2.16 bits per heavy atom. The number of ether oxygens (including phenoxy) is 1. The summed E-state index contributed by atoms with van der Waals surface area (Å²) < 4.78 is 8.05. The Balaban J connectivity index is 2.22. The van der Waals surface area contributed by atoms with Crippen LogP contribution in [-0.2, 0) is 13.6 Å². The Bertz CT molecular complexity index is 603. The molecular weight excluding hydrogens is 246 g/mol. The van der Waals surface area contributed by atoms with Gasteiger partial charge in [-0.2, -0.15) is 5.10 Å². The van der Waals surface area contributed by atoms with E-state index in [0.29, 0.717) is 17.9 Å². The molecule has 0 saturated carbocycles. The fourth-order valence-corrected chi connectivity index (χ4v) is 1.85. The third kappa shape index (κ3) is 2.85. The van der Waals surface area contributed by atoms with Crippen LogP contribution in [0.2, 0.25) is 0 Å². The summed E-state index contributed by atoms with van der Waals surface area (Å²) in [7, 11) is 1.62. The van der Waals surface area contributed by atoms with Crippen molar-refractivity contribution in [2.24, 2.45) is 7.05 Å². The summed E-state index contributed by atoms with van der Waals surface area (Å²) >= 11 is 0. The molecule has 1 unspecified atom stereocenters. The molecule has 2 aromatic rings. The van der Waals surface area contributed by atoms with E-state index < -0.39 is 6.10 Å². The van der Waals surface area contributed by atoms with Crippen LogP contribution in [0.4, 0.5) is 0 Å². The van der Waals surface area contributed by atoms with Gasteiger partial charge < -0.3 is 9.84 Å². The molecule has 1 aromatic carbocycles. The van der Waals surface area contributed by atoms with E-state index in [4.69, 9.17) is 4.74 Å². The Morgan fingerprint density at radius 1 is 1.42 bits per heavy atom. The number of aryl methyl sites for hydroxylation is 1. The Labute approximate surface area is 110 Å². The highest BCUT2D eigenvalue weighted by Gasteiger charge is 2.15. The minimum atomic E-state index is -0.838. The second kappa shape index (κ2) is 5.71. The second-order valence-electron chi connectivity index (χ2n) is 4.19. The van der Waals surface area contributed by atoms with Crippen molar-refractivity contribution in [2.45, 2.75) is 19.6 Å². The van der Waals surface area contributed by atoms with E-state index in [1.165, 1.54) is 15.6 Å². The van der Waals surface area contributed by atoms with Crippen LogP contribution in [0.3, 0.4) is 0 Å². The van der Waals surface area contributed by atoms with Gasteiger partial charge in [0.2, 0.25) is 0 Å². The molecule has 1 N–H and O–H groups in total. The first-order valence-electron chi connectivity index (χ1n) is 6.11. The zero-order valence-electron chi connectivity index (χ0n) is 11.0. The zero-order valence-corrected chi connectivity index (χ0v) is 11.0. The van der Waals surface area contributed by atoms with Gasteiger partial charge in [-0.05, 0) is 13.0 Å². The number of rotatable bonds is 5. The van der Waals surface area contributed by atoms with Gasteiger partial charge in [0.1, 0.15) is 18.2 Å². The van der Waals surface area contributed by atoms with E-state index >= 15 is 0 Å². The number of hydrogen-bond donors (Lipinski definition) is 1. The van der Waals surface area contributed by atoms with Crippen LogP contribution >= 0.6 is 0 Å². The lowest BCUT2D eigenvalue weighted by Crippen LogP contribution is -2.25. The molecule has 0 saturated heterocycles. The smallest absolute Gasteiger partial charge is 0.345 e. The predicted octanol–water partition coefficient (Wildman–Crippen LogP) is 0.714. The molecule has 1 heterocycles. The van der Waals surface area contributed by atoms with Crippen molar-refractivity contribution < 1.29 is 9.84 Å². The van der Waals surface area contributed by atoms with Gasteiger partial charge in [0.25, 0.3) is 0 Å². The van der Waals surface area contributed by atoms with Crippen LogP contribution in [0.25, 0.3) is 0 Å². The maximum atomic E-state index is 11.7. The number of benzene rings is 1. The lowest BCUT2D eigenvalue weighted by Gasteiger charge is -2.15. The summed E-state index contributed by atoms with van der Waals surface area (Å²) in [5.74, 6) is 0.626. The first kappa shape index (κ1) is 13.4. The Morgan fingerprint density at radius 3 is 2.79 bits per heavy atom. The highest BCUT2D eigenvalue weighted by Crippen LogP contribution is 2.25. The molecule has 102 valence electrons. The van der Waals surface area contributed by atoms with Crippen molar-refractivity contribution in [3.05, 3.63) is 46.6 Å². The van der Waals surface area contributed by atoms with Crippen LogP contribution in [0.1, 0.15) is 18.6 Å². The standard InChI is InChI=1S/C13H17N3O3/c1-3-19-12-7-5-4-6-10(12)11(17)8-16-13(18)15(2)9-14-16/h4-7,9,11,17H,3,8H2,1-2H3. The van der Waals surface area contributed by atoms with Crippen LogP contribution in [0.15, 0.2) is 35.4 Å². The molecule has 6 heteroatoms. The van der Waals surface area contributed by atoms with Gasteiger partial charge in [-0.15, -0.1) is 0 Å². The van der Waals surface area contributed by atoms with Crippen molar-refractivity contribution in [1.29, 1.82) is 0 Å². The number of aliphatic hydroxyl groups excluding tert-OH is 1. The van der Waals surface area contributed by atoms with Gasteiger partial charge in [-0.25, -0.2) is 9.48 Å². The Kier molecular flexibility index (Phi) is 4.01. The maximum Gasteiger partial charge on any atom is 0.345 e. The average molecular weight is 263 g/mol. The lowest BCUT2D eigenvalue weighted by molar-refractivity contribution is 0.145. The fraction of sp³-hybridized carbons (Fsp3) is 0.385. The largest absolute Gasteiger partial charge is 0.493 e. The molecule has 1 atom stereocenters. The molecule has 0 bridgehead atoms. The van der Waals surface area contributed by atoms with Gasteiger partial charge >= 0.3 is 5.69 Å². The van der Waals surface area contributed by atoms with E-state index in [9.17, 15) is 9.90 Å². The number of nitrogens with zero attached hydrogens (tertiary/aromatic N) is 3. The topological polar surface area (TPSA) is 69.3 Å². The minimum Gasteiger partial charge on any atom is -0.493 e. The monoisotopic (exact) mass is 263 g/mol. The summed E-state index contributed by atoms with van der Waals surface area (Å²) in [5.41, 5.74) is 0.398. The molecule has 19 heavy (non-hydrogen) atoms. The molecule has 6 nitrogen and oxygen atoms in total. The highest BCUT2D eigenvalue weighted by atomic mass is 16.5. The first-order valence-corrected chi connectivity index (χ1v) is 6.11. The normalized spacial score (nSPS) is 12.4. The molecule has 1 aromatic heterocycles. The van der Waals surface area contributed by atoms with Gasteiger partial charge in [-0.1, -0.05) is 18.2 Å². The summed E-state index contributed by atoms with van der Waals surface area (Å²) in [4.78, 5) is 11.7. The van der Waals surface area contributed by atoms with Crippen LogP contribution in [-0.4, -0.2) is 26.1 Å². The van der Waals surface area contributed by atoms with Crippen LogP contribution in [0.5, 0.6) is 5.75 Å². The van der Waals surface area contributed by atoms with Gasteiger partial charge in [0, 0.05) is 12.6 Å². The van der Waals surface area contributed by atoms with Crippen molar-refractivity contribution in [3.63, 3.8) is 0 Å². The number of aromatic nitrogens is 3. The SMILES string of the molecule is CCOc1ccccc1C(O)Cn1ncn(C)c1=O. The molecule has 0 aliphatic carbocycles. The van der Waals surface area contributed by atoms with Crippen molar-refractivity contribution in [1.82, 2.24) is 14.3 Å². The van der Waals surface area contributed by atoms with E-state index in [2.05, 4.69) is 5.10 Å². The Hall–Kier alpha value is -2.08. The van der Waals surface area contributed by atoms with Gasteiger partial charge in [-0.3, -0.25) is 4.57 Å². The highest BCUT2D eigenvalue weighted by molar-refractivity contribution is 5.34.